The summed E-state index contributed by atoms with van der Waals surface area (Å²) in [5.41, 5.74) is 0.905. The minimum Gasteiger partial charge on any atom is -0.466 e. The third kappa shape index (κ3) is 4.93. The molecule has 1 aromatic carbocycles. The van der Waals surface area contributed by atoms with Gasteiger partial charge in [-0.15, -0.1) is 0 Å². The Morgan fingerprint density at radius 1 is 1.15 bits per heavy atom. The molecule has 1 rings (SSSR count). The van der Waals surface area contributed by atoms with Gasteiger partial charge in [-0.2, -0.15) is 0 Å². The van der Waals surface area contributed by atoms with E-state index >= 15 is 0 Å². The van der Waals surface area contributed by atoms with Crippen molar-refractivity contribution in [3.63, 3.8) is 0 Å². The Morgan fingerprint density at radius 3 is 2.30 bits per heavy atom. The third-order valence-corrected chi connectivity index (χ3v) is 3.19. The first-order valence-electron chi connectivity index (χ1n) is 7.15. The highest BCUT2D eigenvalue weighted by molar-refractivity contribution is 5.73. The lowest BCUT2D eigenvalue weighted by atomic mass is 9.92. The van der Waals surface area contributed by atoms with E-state index in [2.05, 4.69) is 0 Å². The van der Waals surface area contributed by atoms with Crippen LogP contribution in [0, 0.1) is 11.7 Å². The molecular formula is C16H23FO3. The van der Waals surface area contributed by atoms with Crippen molar-refractivity contribution in [1.82, 2.24) is 0 Å². The Bertz CT molecular complexity index is 403. The Morgan fingerprint density at radius 2 is 1.80 bits per heavy atom. The Hall–Kier alpha value is -1.42. The van der Waals surface area contributed by atoms with Gasteiger partial charge in [0.2, 0.25) is 0 Å². The van der Waals surface area contributed by atoms with Crippen molar-refractivity contribution in [1.29, 1.82) is 0 Å². The van der Waals surface area contributed by atoms with Gasteiger partial charge in [0.15, 0.2) is 0 Å². The second kappa shape index (κ2) is 8.69. The van der Waals surface area contributed by atoms with Crippen LogP contribution < -0.4 is 0 Å². The second-order valence-electron chi connectivity index (χ2n) is 4.59. The molecule has 0 fully saturated rings. The summed E-state index contributed by atoms with van der Waals surface area (Å²) in [4.78, 5) is 12.1. The summed E-state index contributed by atoms with van der Waals surface area (Å²) < 4.78 is 23.7. The van der Waals surface area contributed by atoms with Crippen LogP contribution in [0.1, 0.15) is 32.8 Å². The number of ether oxygens (including phenoxy) is 2. The van der Waals surface area contributed by atoms with Crippen molar-refractivity contribution in [3.8, 4) is 0 Å². The van der Waals surface area contributed by atoms with E-state index in [-0.39, 0.29) is 23.8 Å². The van der Waals surface area contributed by atoms with Crippen molar-refractivity contribution in [3.05, 3.63) is 35.6 Å². The topological polar surface area (TPSA) is 35.5 Å². The van der Waals surface area contributed by atoms with Gasteiger partial charge in [-0.05, 0) is 44.4 Å². The van der Waals surface area contributed by atoms with Gasteiger partial charge in [0, 0.05) is 6.61 Å². The molecular weight excluding hydrogens is 259 g/mol. The number of rotatable bonds is 8. The first kappa shape index (κ1) is 16.6. The molecule has 0 saturated heterocycles. The van der Waals surface area contributed by atoms with Crippen molar-refractivity contribution in [2.24, 2.45) is 5.92 Å². The first-order valence-corrected chi connectivity index (χ1v) is 7.15. The Kier molecular flexibility index (Phi) is 7.23. The molecule has 0 amide bonds. The Balaban J connectivity index is 2.85. The van der Waals surface area contributed by atoms with Crippen LogP contribution in [0.5, 0.6) is 0 Å². The van der Waals surface area contributed by atoms with Crippen LogP contribution in [0.15, 0.2) is 24.3 Å². The summed E-state index contributed by atoms with van der Waals surface area (Å²) in [6.45, 7) is 6.58. The van der Waals surface area contributed by atoms with Gasteiger partial charge in [0.25, 0.3) is 0 Å². The van der Waals surface area contributed by atoms with Crippen LogP contribution in [0.2, 0.25) is 0 Å². The van der Waals surface area contributed by atoms with Crippen molar-refractivity contribution in [2.75, 3.05) is 13.2 Å². The van der Waals surface area contributed by atoms with Crippen molar-refractivity contribution < 1.29 is 18.7 Å². The van der Waals surface area contributed by atoms with Crippen LogP contribution in [0.25, 0.3) is 0 Å². The number of esters is 1. The summed E-state index contributed by atoms with van der Waals surface area (Å²) >= 11 is 0. The van der Waals surface area contributed by atoms with Crippen LogP contribution in [-0.2, 0) is 20.7 Å². The van der Waals surface area contributed by atoms with Gasteiger partial charge in [0.1, 0.15) is 5.82 Å². The lowest BCUT2D eigenvalue weighted by Crippen LogP contribution is -2.33. The van der Waals surface area contributed by atoms with Gasteiger partial charge < -0.3 is 9.47 Å². The maximum absolute atomic E-state index is 12.9. The van der Waals surface area contributed by atoms with E-state index in [1.54, 1.807) is 19.1 Å². The number of carbonyl (C=O) groups excluding carboxylic acids is 1. The molecule has 0 heterocycles. The molecule has 112 valence electrons. The maximum atomic E-state index is 12.9. The number of hydrogen-bond acceptors (Lipinski definition) is 3. The number of benzene rings is 1. The fourth-order valence-electron chi connectivity index (χ4n) is 2.22. The molecule has 0 N–H and O–H groups in total. The lowest BCUT2D eigenvalue weighted by molar-refractivity contribution is -0.153. The predicted molar refractivity (Wildman–Crippen MR) is 75.9 cm³/mol. The normalized spacial score (nSPS) is 13.8. The molecule has 0 bridgehead atoms. The van der Waals surface area contributed by atoms with E-state index in [9.17, 15) is 9.18 Å². The minimum atomic E-state index is -0.356. The molecule has 2 atom stereocenters. The molecule has 0 aliphatic carbocycles. The van der Waals surface area contributed by atoms with Gasteiger partial charge in [-0.1, -0.05) is 19.1 Å². The number of hydrogen-bond donors (Lipinski definition) is 0. The van der Waals surface area contributed by atoms with Gasteiger partial charge >= 0.3 is 5.97 Å². The smallest absolute Gasteiger partial charge is 0.311 e. The average molecular weight is 282 g/mol. The summed E-state index contributed by atoms with van der Waals surface area (Å²) in [5, 5.41) is 0. The molecule has 20 heavy (non-hydrogen) atoms. The van der Waals surface area contributed by atoms with E-state index in [1.807, 2.05) is 13.8 Å². The van der Waals surface area contributed by atoms with Crippen LogP contribution in [0.4, 0.5) is 4.39 Å². The maximum Gasteiger partial charge on any atom is 0.311 e. The lowest BCUT2D eigenvalue weighted by Gasteiger charge is -2.24. The van der Waals surface area contributed by atoms with E-state index in [0.717, 1.165) is 12.0 Å². The second-order valence-corrected chi connectivity index (χ2v) is 4.59. The van der Waals surface area contributed by atoms with E-state index < -0.39 is 0 Å². The van der Waals surface area contributed by atoms with Crippen molar-refractivity contribution in [2.45, 2.75) is 39.7 Å². The van der Waals surface area contributed by atoms with Gasteiger partial charge in [0.05, 0.1) is 18.6 Å². The highest BCUT2D eigenvalue weighted by Crippen LogP contribution is 2.20. The zero-order chi connectivity index (χ0) is 15.0. The molecule has 1 aromatic rings. The minimum absolute atomic E-state index is 0.177. The molecule has 0 radical (unpaired) electrons. The quantitative estimate of drug-likeness (QED) is 0.686. The van der Waals surface area contributed by atoms with E-state index in [4.69, 9.17) is 9.47 Å². The monoisotopic (exact) mass is 282 g/mol. The van der Waals surface area contributed by atoms with E-state index in [0.29, 0.717) is 19.6 Å². The summed E-state index contributed by atoms with van der Waals surface area (Å²) in [6.07, 6.45) is 1.06. The molecule has 0 spiro atoms. The molecule has 4 heteroatoms. The summed E-state index contributed by atoms with van der Waals surface area (Å²) in [5.74, 6) is -0.888. The van der Waals surface area contributed by atoms with Crippen LogP contribution in [0.3, 0.4) is 0 Å². The summed E-state index contributed by atoms with van der Waals surface area (Å²) in [6, 6.07) is 6.19. The first-order chi connectivity index (χ1) is 9.62. The predicted octanol–water partition coefficient (Wildman–Crippen LogP) is 3.36. The molecule has 0 aliphatic heterocycles. The number of carbonyl (C=O) groups is 1. The highest BCUT2D eigenvalue weighted by Gasteiger charge is 2.29. The molecule has 0 saturated carbocycles. The highest BCUT2D eigenvalue weighted by atomic mass is 19.1. The largest absolute Gasteiger partial charge is 0.466 e. The van der Waals surface area contributed by atoms with Gasteiger partial charge in [-0.3, -0.25) is 4.79 Å². The molecule has 3 nitrogen and oxygen atoms in total. The molecule has 0 aliphatic rings. The molecule has 0 aromatic heterocycles. The summed E-state index contributed by atoms with van der Waals surface area (Å²) in [7, 11) is 0. The average Bonchev–Trinajstić information content (AvgIpc) is 2.45. The van der Waals surface area contributed by atoms with Gasteiger partial charge in [-0.25, -0.2) is 4.39 Å². The van der Waals surface area contributed by atoms with Crippen LogP contribution in [-0.4, -0.2) is 25.3 Å². The fraction of sp³-hybridized carbons (Fsp3) is 0.562. The van der Waals surface area contributed by atoms with E-state index in [1.165, 1.54) is 12.1 Å². The third-order valence-electron chi connectivity index (χ3n) is 3.19. The standard InChI is InChI=1S/C16H23FO3/c1-4-15(19-5-2)14(16(18)20-6-3)11-12-7-9-13(17)10-8-12/h7-10,14-15H,4-6,11H2,1-3H3. The Labute approximate surface area is 120 Å². The molecule has 2 unspecified atom stereocenters. The zero-order valence-corrected chi connectivity index (χ0v) is 12.4. The fourth-order valence-corrected chi connectivity index (χ4v) is 2.22. The zero-order valence-electron chi connectivity index (χ0n) is 12.4. The van der Waals surface area contributed by atoms with Crippen LogP contribution >= 0.6 is 0 Å². The number of halogens is 1. The SMILES string of the molecule is CCOC(=O)C(Cc1ccc(F)cc1)C(CC)OCC. The van der Waals surface area contributed by atoms with Crippen molar-refractivity contribution >= 4 is 5.97 Å².